The molecule has 0 bridgehead atoms. The third-order valence-corrected chi connectivity index (χ3v) is 4.17. The van der Waals surface area contributed by atoms with Crippen LogP contribution in [0.4, 0.5) is 0 Å². The maximum absolute atomic E-state index is 12.2. The van der Waals surface area contributed by atoms with Crippen molar-refractivity contribution in [2.75, 3.05) is 6.54 Å². The van der Waals surface area contributed by atoms with Gasteiger partial charge in [0, 0.05) is 24.5 Å². The third kappa shape index (κ3) is 4.08. The molecule has 0 aliphatic heterocycles. The summed E-state index contributed by atoms with van der Waals surface area (Å²) in [6.07, 6.45) is 0.744. The van der Waals surface area contributed by atoms with Gasteiger partial charge in [-0.15, -0.1) is 0 Å². The first-order valence-electron chi connectivity index (χ1n) is 8.62. The number of hydrogen-bond donors (Lipinski definition) is 2. The van der Waals surface area contributed by atoms with Crippen LogP contribution in [0.25, 0.3) is 11.3 Å². The average Bonchev–Trinajstić information content (AvgIpc) is 2.96. The lowest BCUT2D eigenvalue weighted by Crippen LogP contribution is -2.30. The minimum Gasteiger partial charge on any atom is -0.352 e. The Bertz CT molecular complexity index is 957. The second-order valence-electron chi connectivity index (χ2n) is 6.24. The van der Waals surface area contributed by atoms with Crippen molar-refractivity contribution in [2.45, 2.75) is 26.8 Å². The van der Waals surface area contributed by atoms with Gasteiger partial charge >= 0.3 is 0 Å². The molecule has 6 nitrogen and oxygen atoms in total. The molecule has 0 saturated carbocycles. The predicted molar refractivity (Wildman–Crippen MR) is 101 cm³/mol. The van der Waals surface area contributed by atoms with Crippen molar-refractivity contribution in [3.8, 4) is 11.3 Å². The number of carbonyl (C=O) groups is 1. The van der Waals surface area contributed by atoms with Crippen molar-refractivity contribution in [1.82, 2.24) is 20.1 Å². The molecule has 0 aliphatic rings. The van der Waals surface area contributed by atoms with Crippen LogP contribution in [0.3, 0.4) is 0 Å². The van der Waals surface area contributed by atoms with E-state index in [0.717, 1.165) is 29.9 Å². The van der Waals surface area contributed by atoms with Gasteiger partial charge in [-0.1, -0.05) is 30.3 Å². The Labute approximate surface area is 151 Å². The Balaban J connectivity index is 1.58. The van der Waals surface area contributed by atoms with E-state index in [4.69, 9.17) is 0 Å². The van der Waals surface area contributed by atoms with Crippen LogP contribution in [0.2, 0.25) is 0 Å². The Morgan fingerprint density at radius 2 is 1.92 bits per heavy atom. The zero-order valence-electron chi connectivity index (χ0n) is 15.0. The van der Waals surface area contributed by atoms with Gasteiger partial charge in [-0.3, -0.25) is 14.3 Å². The first-order valence-corrected chi connectivity index (χ1v) is 8.62. The van der Waals surface area contributed by atoms with E-state index >= 15 is 0 Å². The molecule has 3 aromatic rings. The summed E-state index contributed by atoms with van der Waals surface area (Å²) in [4.78, 5) is 27.2. The van der Waals surface area contributed by atoms with E-state index in [1.807, 2.05) is 54.9 Å². The van der Waals surface area contributed by atoms with E-state index in [-0.39, 0.29) is 17.0 Å². The number of H-pyrrole nitrogens is 1. The molecule has 2 aromatic heterocycles. The quantitative estimate of drug-likeness (QED) is 0.671. The molecule has 134 valence electrons. The highest BCUT2D eigenvalue weighted by atomic mass is 16.2. The number of carbonyl (C=O) groups excluding carboxylic acids is 1. The number of aromatic amines is 1. The van der Waals surface area contributed by atoms with E-state index in [0.29, 0.717) is 12.2 Å². The van der Waals surface area contributed by atoms with Crippen LogP contribution in [-0.2, 0) is 6.54 Å². The van der Waals surface area contributed by atoms with Gasteiger partial charge in [-0.25, -0.2) is 0 Å². The van der Waals surface area contributed by atoms with Crippen LogP contribution >= 0.6 is 0 Å². The Kier molecular flexibility index (Phi) is 5.31. The van der Waals surface area contributed by atoms with Gasteiger partial charge in [0.05, 0.1) is 5.69 Å². The second-order valence-corrected chi connectivity index (χ2v) is 6.24. The van der Waals surface area contributed by atoms with Crippen molar-refractivity contribution in [2.24, 2.45) is 0 Å². The third-order valence-electron chi connectivity index (χ3n) is 4.17. The molecular weight excluding hydrogens is 328 g/mol. The first-order chi connectivity index (χ1) is 12.5. The molecule has 1 aromatic carbocycles. The van der Waals surface area contributed by atoms with Gasteiger partial charge in [0.1, 0.15) is 5.56 Å². The zero-order valence-corrected chi connectivity index (χ0v) is 15.0. The highest BCUT2D eigenvalue weighted by molar-refractivity contribution is 5.94. The van der Waals surface area contributed by atoms with Crippen LogP contribution in [0.15, 0.2) is 53.3 Å². The van der Waals surface area contributed by atoms with Gasteiger partial charge in [0.2, 0.25) is 0 Å². The standard InChI is InChI=1S/C20H22N4O2/c1-14-13-15(2)24(23-14)12-6-11-21-19(25)17-9-10-18(22-20(17)26)16-7-4-3-5-8-16/h3-5,7-10,13H,6,11-12H2,1-2H3,(H,21,25)(H,22,26). The summed E-state index contributed by atoms with van der Waals surface area (Å²) < 4.78 is 1.92. The molecule has 0 aliphatic carbocycles. The van der Waals surface area contributed by atoms with Crippen LogP contribution < -0.4 is 10.9 Å². The van der Waals surface area contributed by atoms with Crippen molar-refractivity contribution in [3.05, 3.63) is 75.8 Å². The number of aryl methyl sites for hydroxylation is 3. The van der Waals surface area contributed by atoms with Gasteiger partial charge in [-0.05, 0) is 44.0 Å². The van der Waals surface area contributed by atoms with Crippen LogP contribution in [-0.4, -0.2) is 27.2 Å². The van der Waals surface area contributed by atoms with Crippen molar-refractivity contribution < 1.29 is 4.79 Å². The monoisotopic (exact) mass is 350 g/mol. The molecule has 0 atom stereocenters. The van der Waals surface area contributed by atoms with Crippen molar-refractivity contribution in [3.63, 3.8) is 0 Å². The molecule has 0 saturated heterocycles. The maximum Gasteiger partial charge on any atom is 0.261 e. The maximum atomic E-state index is 12.2. The number of aromatic nitrogens is 3. The molecule has 2 heterocycles. The molecule has 0 radical (unpaired) electrons. The number of nitrogens with one attached hydrogen (secondary N) is 2. The summed E-state index contributed by atoms with van der Waals surface area (Å²) in [5.41, 5.74) is 3.41. The SMILES string of the molecule is Cc1cc(C)n(CCCNC(=O)c2ccc(-c3ccccc3)[nH]c2=O)n1. The normalized spacial score (nSPS) is 10.7. The van der Waals surface area contributed by atoms with Crippen molar-refractivity contribution >= 4 is 5.91 Å². The van der Waals surface area contributed by atoms with Gasteiger partial charge in [-0.2, -0.15) is 5.10 Å². The van der Waals surface area contributed by atoms with Gasteiger partial charge < -0.3 is 10.3 Å². The summed E-state index contributed by atoms with van der Waals surface area (Å²) in [5.74, 6) is -0.362. The fraction of sp³-hybridized carbons (Fsp3) is 0.250. The number of amides is 1. The van der Waals surface area contributed by atoms with Crippen LogP contribution in [0.5, 0.6) is 0 Å². The van der Waals surface area contributed by atoms with Crippen LogP contribution in [0.1, 0.15) is 28.2 Å². The molecule has 0 fully saturated rings. The summed E-state index contributed by atoms with van der Waals surface area (Å²) in [5, 5.41) is 7.18. The van der Waals surface area contributed by atoms with Gasteiger partial charge in [0.25, 0.3) is 11.5 Å². The molecule has 3 rings (SSSR count). The topological polar surface area (TPSA) is 79.8 Å². The minimum atomic E-state index is -0.387. The average molecular weight is 350 g/mol. The highest BCUT2D eigenvalue weighted by Crippen LogP contribution is 2.14. The largest absolute Gasteiger partial charge is 0.352 e. The van der Waals surface area contributed by atoms with E-state index in [1.165, 1.54) is 0 Å². The fourth-order valence-electron chi connectivity index (χ4n) is 2.87. The molecule has 0 spiro atoms. The number of pyridine rings is 1. The molecule has 0 unspecified atom stereocenters. The predicted octanol–water partition coefficient (Wildman–Crippen LogP) is 2.68. The molecular formula is C20H22N4O2. The Morgan fingerprint density at radius 3 is 2.58 bits per heavy atom. The number of rotatable bonds is 6. The Morgan fingerprint density at radius 1 is 1.15 bits per heavy atom. The van der Waals surface area contributed by atoms with E-state index < -0.39 is 0 Å². The summed E-state index contributed by atoms with van der Waals surface area (Å²) >= 11 is 0. The fourth-order valence-corrected chi connectivity index (χ4v) is 2.87. The molecule has 1 amide bonds. The summed E-state index contributed by atoms with van der Waals surface area (Å²) in [6.45, 7) is 5.17. The number of hydrogen-bond acceptors (Lipinski definition) is 3. The lowest BCUT2D eigenvalue weighted by atomic mass is 10.1. The van der Waals surface area contributed by atoms with Crippen LogP contribution in [0, 0.1) is 13.8 Å². The summed E-state index contributed by atoms with van der Waals surface area (Å²) in [7, 11) is 0. The smallest absolute Gasteiger partial charge is 0.261 e. The molecule has 26 heavy (non-hydrogen) atoms. The number of benzene rings is 1. The minimum absolute atomic E-state index is 0.121. The second kappa shape index (κ2) is 7.82. The van der Waals surface area contributed by atoms with Crippen molar-refractivity contribution in [1.29, 1.82) is 0 Å². The zero-order chi connectivity index (χ0) is 18.5. The van der Waals surface area contributed by atoms with E-state index in [2.05, 4.69) is 15.4 Å². The Hall–Kier alpha value is -3.15. The number of nitrogens with zero attached hydrogens (tertiary/aromatic N) is 2. The van der Waals surface area contributed by atoms with E-state index in [9.17, 15) is 9.59 Å². The van der Waals surface area contributed by atoms with Gasteiger partial charge in [0.15, 0.2) is 0 Å². The molecule has 2 N–H and O–H groups in total. The lowest BCUT2D eigenvalue weighted by Gasteiger charge is -2.07. The van der Waals surface area contributed by atoms with E-state index in [1.54, 1.807) is 12.1 Å². The summed E-state index contributed by atoms with van der Waals surface area (Å²) in [6, 6.07) is 14.9. The lowest BCUT2D eigenvalue weighted by molar-refractivity contribution is 0.0951. The first kappa shape index (κ1) is 17.7. The highest BCUT2D eigenvalue weighted by Gasteiger charge is 2.11. The molecule has 6 heteroatoms.